The summed E-state index contributed by atoms with van der Waals surface area (Å²) in [6, 6.07) is 14.1. The van der Waals surface area contributed by atoms with Crippen molar-refractivity contribution in [2.24, 2.45) is 5.41 Å². The van der Waals surface area contributed by atoms with Crippen LogP contribution in [0.3, 0.4) is 0 Å². The first-order chi connectivity index (χ1) is 15.0. The lowest BCUT2D eigenvalue weighted by atomic mass is 9.61. The first kappa shape index (κ1) is 22.1. The third-order valence-electron chi connectivity index (χ3n) is 7.83. The topological polar surface area (TPSA) is 0 Å². The first-order valence-corrected chi connectivity index (χ1v) is 12.6. The quantitative estimate of drug-likeness (QED) is 0.405. The second-order valence-electron chi connectivity index (χ2n) is 10.2. The number of hydrogen-bond acceptors (Lipinski definition) is 0. The molecule has 164 valence electrons. The van der Waals surface area contributed by atoms with E-state index in [1.54, 1.807) is 22.3 Å². The van der Waals surface area contributed by atoms with E-state index in [1.165, 1.54) is 47.9 Å². The molecule has 0 saturated carbocycles. The van der Waals surface area contributed by atoms with Gasteiger partial charge in [-0.15, -0.1) is 0 Å². The highest BCUT2D eigenvalue weighted by Gasteiger charge is 2.46. The molecule has 0 radical (unpaired) electrons. The van der Waals surface area contributed by atoms with Crippen LogP contribution in [0.15, 0.2) is 47.5 Å². The van der Waals surface area contributed by atoms with Crippen molar-refractivity contribution in [3.05, 3.63) is 80.9 Å². The molecule has 0 nitrogen and oxygen atoms in total. The van der Waals surface area contributed by atoms with Gasteiger partial charge in [0.15, 0.2) is 0 Å². The molecule has 4 rings (SSSR count). The van der Waals surface area contributed by atoms with Crippen LogP contribution in [0.5, 0.6) is 0 Å². The van der Waals surface area contributed by atoms with Gasteiger partial charge in [-0.05, 0) is 64.5 Å². The van der Waals surface area contributed by atoms with E-state index in [4.69, 9.17) is 0 Å². The highest BCUT2D eigenvalue weighted by molar-refractivity contribution is 5.73. The van der Waals surface area contributed by atoms with E-state index >= 15 is 0 Å². The molecular weight excluding hydrogens is 372 g/mol. The van der Waals surface area contributed by atoms with Crippen LogP contribution in [0.4, 0.5) is 0 Å². The number of fused-ring (bicyclic) bond motifs is 2. The van der Waals surface area contributed by atoms with Gasteiger partial charge in [-0.3, -0.25) is 0 Å². The van der Waals surface area contributed by atoms with Crippen LogP contribution in [-0.2, 0) is 12.8 Å². The minimum atomic E-state index is 0.135. The van der Waals surface area contributed by atoms with Gasteiger partial charge in [0.05, 0.1) is 0 Å². The van der Waals surface area contributed by atoms with E-state index in [2.05, 4.69) is 90.1 Å². The summed E-state index contributed by atoms with van der Waals surface area (Å²) in [4.78, 5) is 0. The molecule has 2 aromatic rings. The number of hydrogen-bond donors (Lipinski definition) is 0. The van der Waals surface area contributed by atoms with Gasteiger partial charge in [-0.2, -0.15) is 0 Å². The normalized spacial score (nSPS) is 19.8. The molecule has 0 N–H and O–H groups in total. The number of benzene rings is 2. The second-order valence-corrected chi connectivity index (χ2v) is 10.2. The average Bonchev–Trinajstić information content (AvgIpc) is 3.34. The van der Waals surface area contributed by atoms with E-state index in [-0.39, 0.29) is 5.41 Å². The van der Waals surface area contributed by atoms with E-state index < -0.39 is 0 Å². The largest absolute Gasteiger partial charge is 0.0651 e. The van der Waals surface area contributed by atoms with Crippen LogP contribution in [0, 0.1) is 5.41 Å². The van der Waals surface area contributed by atoms with Crippen LogP contribution in [-0.4, -0.2) is 0 Å². The Morgan fingerprint density at radius 2 is 1.06 bits per heavy atom. The van der Waals surface area contributed by atoms with Gasteiger partial charge in [0, 0.05) is 11.8 Å². The van der Waals surface area contributed by atoms with Crippen molar-refractivity contribution in [3.63, 3.8) is 0 Å². The van der Waals surface area contributed by atoms with E-state index in [1.807, 2.05) is 0 Å². The number of rotatable bonds is 8. The van der Waals surface area contributed by atoms with Crippen LogP contribution >= 0.6 is 0 Å². The molecule has 31 heavy (non-hydrogen) atoms. The Hall–Kier alpha value is -2.08. The summed E-state index contributed by atoms with van der Waals surface area (Å²) in [5, 5.41) is 0. The van der Waals surface area contributed by atoms with Crippen molar-refractivity contribution in [2.45, 2.75) is 91.9 Å². The zero-order valence-corrected chi connectivity index (χ0v) is 20.5. The average molecular weight is 413 g/mol. The first-order valence-electron chi connectivity index (χ1n) is 12.6. The fraction of sp³-hybridized carbons (Fsp3) is 0.484. The smallest absolute Gasteiger partial charge is 0.0118 e. The highest BCUT2D eigenvalue weighted by atomic mass is 14.5. The van der Waals surface area contributed by atoms with Gasteiger partial charge in [0.1, 0.15) is 0 Å². The zero-order chi connectivity index (χ0) is 22.2. The molecule has 0 fully saturated rings. The van der Waals surface area contributed by atoms with E-state index in [0.717, 1.165) is 12.8 Å². The SMILES string of the molecule is CCCc1cccc2c1C=C(CC)C2C(C)(C)C1C(CC)=Cc2c(CCC)cccc21. The van der Waals surface area contributed by atoms with Crippen molar-refractivity contribution in [2.75, 3.05) is 0 Å². The third kappa shape index (κ3) is 3.63. The molecular formula is C31H40. The molecule has 0 saturated heterocycles. The lowest BCUT2D eigenvalue weighted by molar-refractivity contribution is 0.269. The van der Waals surface area contributed by atoms with Crippen molar-refractivity contribution >= 4 is 12.2 Å². The molecule has 0 bridgehead atoms. The summed E-state index contributed by atoms with van der Waals surface area (Å²) in [5.41, 5.74) is 12.6. The lowest BCUT2D eigenvalue weighted by Gasteiger charge is -2.42. The van der Waals surface area contributed by atoms with Gasteiger partial charge >= 0.3 is 0 Å². The van der Waals surface area contributed by atoms with Gasteiger partial charge in [-0.25, -0.2) is 0 Å². The van der Waals surface area contributed by atoms with Crippen LogP contribution in [0.1, 0.15) is 112 Å². The molecule has 0 aliphatic heterocycles. The Kier molecular flexibility index (Phi) is 6.29. The standard InChI is InChI=1S/C31H40/c1-7-13-23-15-11-17-25-27(23)19-21(9-3)29(25)31(5,6)30-22(10-4)20-28-24(14-8-2)16-12-18-26(28)30/h11-12,15-20,29-30H,7-10,13-14H2,1-6H3. The number of allylic oxidation sites excluding steroid dienone is 2. The fourth-order valence-electron chi connectivity index (χ4n) is 6.57. The Labute approximate surface area is 190 Å². The monoisotopic (exact) mass is 412 g/mol. The Morgan fingerprint density at radius 3 is 1.42 bits per heavy atom. The van der Waals surface area contributed by atoms with Gasteiger partial charge in [0.25, 0.3) is 0 Å². The molecule has 0 heterocycles. The Balaban J connectivity index is 1.84. The molecule has 0 aromatic heterocycles. The van der Waals surface area contributed by atoms with Crippen molar-refractivity contribution in [3.8, 4) is 0 Å². The summed E-state index contributed by atoms with van der Waals surface area (Å²) in [6.07, 6.45) is 12.1. The molecule has 0 amide bonds. The predicted octanol–water partition coefficient (Wildman–Crippen LogP) is 9.10. The Bertz CT molecular complexity index is 933. The summed E-state index contributed by atoms with van der Waals surface area (Å²) in [6.45, 7) is 14.4. The van der Waals surface area contributed by atoms with E-state index in [9.17, 15) is 0 Å². The summed E-state index contributed by atoms with van der Waals surface area (Å²) >= 11 is 0. The molecule has 2 aliphatic carbocycles. The minimum Gasteiger partial charge on any atom is -0.0651 e. The zero-order valence-electron chi connectivity index (χ0n) is 20.5. The molecule has 0 spiro atoms. The van der Waals surface area contributed by atoms with Crippen LogP contribution in [0.2, 0.25) is 0 Å². The maximum absolute atomic E-state index is 2.55. The molecule has 2 aromatic carbocycles. The van der Waals surface area contributed by atoms with Crippen molar-refractivity contribution in [1.82, 2.24) is 0 Å². The molecule has 0 heteroatoms. The minimum absolute atomic E-state index is 0.135. The number of aryl methyl sites for hydroxylation is 2. The van der Waals surface area contributed by atoms with E-state index in [0.29, 0.717) is 11.8 Å². The molecule has 2 unspecified atom stereocenters. The lowest BCUT2D eigenvalue weighted by Crippen LogP contribution is -2.30. The summed E-state index contributed by atoms with van der Waals surface area (Å²) < 4.78 is 0. The maximum Gasteiger partial charge on any atom is 0.0118 e. The summed E-state index contributed by atoms with van der Waals surface area (Å²) in [5.74, 6) is 0.982. The third-order valence-corrected chi connectivity index (χ3v) is 7.83. The Morgan fingerprint density at radius 1 is 0.645 bits per heavy atom. The maximum atomic E-state index is 2.55. The van der Waals surface area contributed by atoms with Gasteiger partial charge < -0.3 is 0 Å². The van der Waals surface area contributed by atoms with Crippen LogP contribution < -0.4 is 0 Å². The van der Waals surface area contributed by atoms with Crippen LogP contribution in [0.25, 0.3) is 12.2 Å². The molecule has 2 aliphatic rings. The predicted molar refractivity (Wildman–Crippen MR) is 137 cm³/mol. The second kappa shape index (κ2) is 8.81. The fourth-order valence-corrected chi connectivity index (χ4v) is 6.57. The van der Waals surface area contributed by atoms with Crippen molar-refractivity contribution in [1.29, 1.82) is 0 Å². The van der Waals surface area contributed by atoms with Crippen molar-refractivity contribution < 1.29 is 0 Å². The molecule has 2 atom stereocenters. The highest BCUT2D eigenvalue weighted by Crippen LogP contribution is 2.59. The summed E-state index contributed by atoms with van der Waals surface area (Å²) in [7, 11) is 0. The van der Waals surface area contributed by atoms with Gasteiger partial charge in [-0.1, -0.05) is 114 Å². The van der Waals surface area contributed by atoms with Gasteiger partial charge in [0.2, 0.25) is 0 Å².